The number of carboxylic acids is 2. The molecule has 0 atom stereocenters. The van der Waals surface area contributed by atoms with Crippen LogP contribution in [-0.2, 0) is 4.79 Å². The number of aromatic nitrogens is 3. The normalized spacial score (nSPS) is 13.7. The topological polar surface area (TPSA) is 119 Å². The summed E-state index contributed by atoms with van der Waals surface area (Å²) in [5.74, 6) is -3.84. The van der Waals surface area contributed by atoms with E-state index in [1.165, 1.54) is 42.3 Å². The van der Waals surface area contributed by atoms with Crippen molar-refractivity contribution in [1.29, 1.82) is 0 Å². The lowest BCUT2D eigenvalue weighted by Gasteiger charge is -2.29. The molecule has 0 radical (unpaired) electrons. The zero-order valence-electron chi connectivity index (χ0n) is 17.7. The van der Waals surface area contributed by atoms with E-state index in [4.69, 9.17) is 15.0 Å². The van der Waals surface area contributed by atoms with Crippen molar-refractivity contribution in [2.75, 3.05) is 18.0 Å². The van der Waals surface area contributed by atoms with Crippen molar-refractivity contribution in [3.8, 4) is 11.1 Å². The largest absolute Gasteiger partial charge is 0.490 e. The average Bonchev–Trinajstić information content (AvgIpc) is 3.28. The number of carboxylic acid groups (broad SMARTS) is 2. The van der Waals surface area contributed by atoms with E-state index in [1.807, 2.05) is 12.1 Å². The van der Waals surface area contributed by atoms with Gasteiger partial charge in [0.2, 0.25) is 5.69 Å². The molecule has 1 aliphatic heterocycles. The Bertz CT molecular complexity index is 1130. The van der Waals surface area contributed by atoms with E-state index < -0.39 is 18.1 Å². The molecule has 3 N–H and O–H groups in total. The summed E-state index contributed by atoms with van der Waals surface area (Å²) in [7, 11) is 0. The molecule has 0 unspecified atom stereocenters. The van der Waals surface area contributed by atoms with Crippen molar-refractivity contribution >= 4 is 29.4 Å². The quantitative estimate of drug-likeness (QED) is 0.456. The van der Waals surface area contributed by atoms with Gasteiger partial charge in [-0.1, -0.05) is 36.0 Å². The molecular formula is C22H21F3N4O4S. The lowest BCUT2D eigenvalue weighted by molar-refractivity contribution is -0.192. The van der Waals surface area contributed by atoms with Crippen LogP contribution in [0.2, 0.25) is 0 Å². The van der Waals surface area contributed by atoms with Crippen molar-refractivity contribution in [2.24, 2.45) is 0 Å². The van der Waals surface area contributed by atoms with E-state index in [0.29, 0.717) is 5.03 Å². The van der Waals surface area contributed by atoms with Gasteiger partial charge >= 0.3 is 18.1 Å². The number of carbonyl (C=O) groups is 2. The van der Waals surface area contributed by atoms with Crippen LogP contribution in [0.25, 0.3) is 11.1 Å². The zero-order chi connectivity index (χ0) is 24.7. The summed E-state index contributed by atoms with van der Waals surface area (Å²) >= 11 is 1.29. The molecule has 0 bridgehead atoms. The van der Waals surface area contributed by atoms with Crippen molar-refractivity contribution in [2.45, 2.75) is 35.4 Å². The molecule has 1 aliphatic rings. The molecule has 12 heteroatoms. The first-order valence-electron chi connectivity index (χ1n) is 10.2. The third kappa shape index (κ3) is 6.73. The maximum Gasteiger partial charge on any atom is 0.490 e. The van der Waals surface area contributed by atoms with Gasteiger partial charge in [0.15, 0.2) is 5.03 Å². The molecule has 3 aromatic rings. The smallest absolute Gasteiger partial charge is 0.476 e. The number of aromatic carboxylic acids is 1. The van der Waals surface area contributed by atoms with Gasteiger partial charge in [-0.25, -0.2) is 9.59 Å². The molecule has 0 spiro atoms. The minimum Gasteiger partial charge on any atom is -0.476 e. The Balaban J connectivity index is 0.000000406. The first kappa shape index (κ1) is 25.1. The predicted octanol–water partition coefficient (Wildman–Crippen LogP) is 4.94. The molecule has 2 aromatic carbocycles. The van der Waals surface area contributed by atoms with Crippen LogP contribution in [0.3, 0.4) is 0 Å². The number of piperidine rings is 1. The molecule has 180 valence electrons. The Labute approximate surface area is 196 Å². The van der Waals surface area contributed by atoms with Gasteiger partial charge in [0, 0.05) is 23.7 Å². The molecule has 1 fully saturated rings. The van der Waals surface area contributed by atoms with Gasteiger partial charge < -0.3 is 15.1 Å². The number of benzene rings is 2. The SMILES string of the molecule is O=C(O)C(F)(F)F.O=C(O)c1n[nH]nc1Sc1ccc(-c2cccc(N3CCCCC3)c2)cc1. The third-order valence-corrected chi connectivity index (χ3v) is 5.92. The third-order valence-electron chi connectivity index (χ3n) is 4.93. The number of H-pyrrole nitrogens is 1. The molecule has 2 heterocycles. The summed E-state index contributed by atoms with van der Waals surface area (Å²) in [6.07, 6.45) is -1.24. The maximum atomic E-state index is 11.1. The van der Waals surface area contributed by atoms with Crippen LogP contribution >= 0.6 is 11.8 Å². The number of aromatic amines is 1. The van der Waals surface area contributed by atoms with Crippen LogP contribution in [0.4, 0.5) is 18.9 Å². The second-order valence-corrected chi connectivity index (χ2v) is 8.37. The number of aliphatic carboxylic acids is 1. The van der Waals surface area contributed by atoms with Gasteiger partial charge in [-0.15, -0.1) is 10.2 Å². The van der Waals surface area contributed by atoms with Crippen molar-refractivity contribution in [3.05, 3.63) is 54.2 Å². The highest BCUT2D eigenvalue weighted by molar-refractivity contribution is 7.99. The van der Waals surface area contributed by atoms with E-state index in [0.717, 1.165) is 23.5 Å². The molecule has 0 amide bonds. The fraction of sp³-hybridized carbons (Fsp3) is 0.273. The van der Waals surface area contributed by atoms with Crippen LogP contribution in [-0.4, -0.2) is 56.8 Å². The highest BCUT2D eigenvalue weighted by Crippen LogP contribution is 2.31. The molecule has 34 heavy (non-hydrogen) atoms. The van der Waals surface area contributed by atoms with E-state index in [2.05, 4.69) is 56.7 Å². The highest BCUT2D eigenvalue weighted by atomic mass is 32.2. The van der Waals surface area contributed by atoms with Crippen LogP contribution in [0, 0.1) is 0 Å². The summed E-state index contributed by atoms with van der Waals surface area (Å²) in [4.78, 5) is 23.4. The van der Waals surface area contributed by atoms with Gasteiger partial charge in [-0.2, -0.15) is 18.4 Å². The van der Waals surface area contributed by atoms with Crippen LogP contribution < -0.4 is 4.90 Å². The molecular weight excluding hydrogens is 473 g/mol. The number of nitrogens with one attached hydrogen (secondary N) is 1. The van der Waals surface area contributed by atoms with Gasteiger partial charge in [-0.05, 0) is 54.7 Å². The standard InChI is InChI=1S/C20H20N4O2S.C2HF3O2/c25-20(26)18-19(22-23-21-18)27-17-9-7-14(8-10-17)15-5-4-6-16(13-15)24-11-2-1-3-12-24;3-2(4,5)1(6)7/h4-10,13H,1-3,11-12H2,(H,25,26)(H,21,22,23);(H,6,7). The lowest BCUT2D eigenvalue weighted by Crippen LogP contribution is -2.29. The fourth-order valence-corrected chi connectivity index (χ4v) is 4.10. The first-order valence-corrected chi connectivity index (χ1v) is 11.0. The Morgan fingerprint density at radius 2 is 1.59 bits per heavy atom. The number of halogens is 3. The summed E-state index contributed by atoms with van der Waals surface area (Å²) in [6, 6.07) is 16.7. The van der Waals surface area contributed by atoms with E-state index in [9.17, 15) is 18.0 Å². The second-order valence-electron chi connectivity index (χ2n) is 7.31. The fourth-order valence-electron chi connectivity index (χ4n) is 3.29. The predicted molar refractivity (Wildman–Crippen MR) is 119 cm³/mol. The Hall–Kier alpha value is -3.54. The molecule has 8 nitrogen and oxygen atoms in total. The van der Waals surface area contributed by atoms with Crippen LogP contribution in [0.1, 0.15) is 29.8 Å². The average molecular weight is 494 g/mol. The Morgan fingerprint density at radius 3 is 2.18 bits per heavy atom. The molecule has 1 saturated heterocycles. The second kappa shape index (κ2) is 11.1. The Kier molecular flexibility index (Phi) is 8.16. The summed E-state index contributed by atoms with van der Waals surface area (Å²) in [5, 5.41) is 26.6. The van der Waals surface area contributed by atoms with Gasteiger partial charge in [-0.3, -0.25) is 0 Å². The molecule has 1 aromatic heterocycles. The first-order chi connectivity index (χ1) is 16.1. The van der Waals surface area contributed by atoms with Gasteiger partial charge in [0.25, 0.3) is 0 Å². The summed E-state index contributed by atoms with van der Waals surface area (Å²) < 4.78 is 31.7. The zero-order valence-corrected chi connectivity index (χ0v) is 18.6. The monoisotopic (exact) mass is 494 g/mol. The van der Waals surface area contributed by atoms with Crippen LogP contribution in [0.15, 0.2) is 58.5 Å². The van der Waals surface area contributed by atoms with Crippen LogP contribution in [0.5, 0.6) is 0 Å². The summed E-state index contributed by atoms with van der Waals surface area (Å²) in [5.41, 5.74) is 3.54. The van der Waals surface area contributed by atoms with Crippen molar-refractivity contribution in [3.63, 3.8) is 0 Å². The summed E-state index contributed by atoms with van der Waals surface area (Å²) in [6.45, 7) is 2.26. The number of anilines is 1. The van der Waals surface area contributed by atoms with E-state index in [-0.39, 0.29) is 5.69 Å². The Morgan fingerprint density at radius 1 is 0.941 bits per heavy atom. The van der Waals surface area contributed by atoms with Crippen molar-refractivity contribution in [1.82, 2.24) is 15.4 Å². The number of hydrogen-bond acceptors (Lipinski definition) is 6. The van der Waals surface area contributed by atoms with E-state index in [1.54, 1.807) is 0 Å². The number of alkyl halides is 3. The van der Waals surface area contributed by atoms with Gasteiger partial charge in [0.05, 0.1) is 0 Å². The van der Waals surface area contributed by atoms with Crippen molar-refractivity contribution < 1.29 is 33.0 Å². The van der Waals surface area contributed by atoms with E-state index >= 15 is 0 Å². The minimum absolute atomic E-state index is 0.0571. The number of hydrogen-bond donors (Lipinski definition) is 3. The molecule has 0 saturated carbocycles. The maximum absolute atomic E-state index is 11.1. The molecule has 4 rings (SSSR count). The number of rotatable bonds is 5. The lowest BCUT2D eigenvalue weighted by atomic mass is 10.0. The highest BCUT2D eigenvalue weighted by Gasteiger charge is 2.38. The minimum atomic E-state index is -5.08. The number of nitrogens with zero attached hydrogens (tertiary/aromatic N) is 3. The van der Waals surface area contributed by atoms with Gasteiger partial charge in [0.1, 0.15) is 0 Å². The molecule has 0 aliphatic carbocycles.